The monoisotopic (exact) mass is 330 g/mol. The Hall–Kier alpha value is -0.780. The van der Waals surface area contributed by atoms with Gasteiger partial charge < -0.3 is 10.2 Å². The van der Waals surface area contributed by atoms with Crippen LogP contribution in [-0.4, -0.2) is 50.0 Å². The number of nitrogens with one attached hydrogen (secondary N) is 1. The maximum absolute atomic E-state index is 12.4. The number of hydrogen-bond acceptors (Lipinski definition) is 3. The van der Waals surface area contributed by atoms with E-state index in [0.29, 0.717) is 24.7 Å². The number of carbonyl (C=O) groups excluding carboxylic acids is 1. The van der Waals surface area contributed by atoms with E-state index in [1.807, 2.05) is 18.7 Å². The van der Waals surface area contributed by atoms with Gasteiger partial charge >= 0.3 is 6.03 Å². The lowest BCUT2D eigenvalue weighted by Gasteiger charge is -2.30. The van der Waals surface area contributed by atoms with E-state index >= 15 is 0 Å². The predicted octanol–water partition coefficient (Wildman–Crippen LogP) is 2.42. The molecular formula is C16H30N2O3S. The first kappa shape index (κ1) is 17.6. The van der Waals surface area contributed by atoms with Crippen molar-refractivity contribution in [1.82, 2.24) is 10.2 Å². The Morgan fingerprint density at radius 3 is 2.05 bits per heavy atom. The lowest BCUT2D eigenvalue weighted by atomic mass is 9.82. The number of carbonyl (C=O) groups is 1. The molecule has 1 saturated carbocycles. The van der Waals surface area contributed by atoms with Gasteiger partial charge in [-0.1, -0.05) is 26.7 Å². The van der Waals surface area contributed by atoms with Crippen LogP contribution in [-0.2, 0) is 9.84 Å². The van der Waals surface area contributed by atoms with Crippen molar-refractivity contribution >= 4 is 15.9 Å². The first-order valence-corrected chi connectivity index (χ1v) is 10.4. The zero-order valence-electron chi connectivity index (χ0n) is 14.1. The largest absolute Gasteiger partial charge is 0.336 e. The number of likely N-dealkylation sites (tertiary alicyclic amines) is 1. The van der Waals surface area contributed by atoms with Crippen LogP contribution >= 0.6 is 0 Å². The zero-order chi connectivity index (χ0) is 16.4. The minimum absolute atomic E-state index is 0.0932. The van der Waals surface area contributed by atoms with Gasteiger partial charge in [0.15, 0.2) is 9.84 Å². The van der Waals surface area contributed by atoms with E-state index in [1.165, 1.54) is 31.9 Å². The highest BCUT2D eigenvalue weighted by Gasteiger charge is 2.40. The second-order valence-corrected chi connectivity index (χ2v) is 9.44. The summed E-state index contributed by atoms with van der Waals surface area (Å²) in [7, 11) is -3.20. The molecule has 1 heterocycles. The fraction of sp³-hybridized carbons (Fsp3) is 0.938. The van der Waals surface area contributed by atoms with E-state index < -0.39 is 14.6 Å². The van der Waals surface area contributed by atoms with Gasteiger partial charge in [-0.2, -0.15) is 0 Å². The molecule has 0 spiro atoms. The minimum Gasteiger partial charge on any atom is -0.336 e. The summed E-state index contributed by atoms with van der Waals surface area (Å²) in [6, 6.07) is -0.0932. The number of hydrogen-bond donors (Lipinski definition) is 1. The van der Waals surface area contributed by atoms with Gasteiger partial charge in [0.05, 0.1) is 4.75 Å². The molecule has 0 radical (unpaired) electrons. The molecule has 128 valence electrons. The van der Waals surface area contributed by atoms with Crippen molar-refractivity contribution in [2.75, 3.05) is 25.9 Å². The molecule has 6 heteroatoms. The molecule has 2 atom stereocenters. The summed E-state index contributed by atoms with van der Waals surface area (Å²) >= 11 is 0. The average molecular weight is 330 g/mol. The third-order valence-corrected chi connectivity index (χ3v) is 8.20. The Morgan fingerprint density at radius 2 is 1.64 bits per heavy atom. The van der Waals surface area contributed by atoms with E-state index in [-0.39, 0.29) is 12.6 Å². The van der Waals surface area contributed by atoms with Gasteiger partial charge in [0.25, 0.3) is 0 Å². The highest BCUT2D eigenvalue weighted by Crippen LogP contribution is 2.36. The standard InChI is InChI=1S/C16H30N2O3S/c1-4-16(5-2,22(3,20)21)12-17-15(19)18-10-13-8-6-7-9-14(13)11-18/h13-14H,4-12H2,1-3H3,(H,17,19)/t13-,14-/m1/s1. The summed E-state index contributed by atoms with van der Waals surface area (Å²) in [6.07, 6.45) is 7.33. The van der Waals surface area contributed by atoms with Crippen molar-refractivity contribution in [2.24, 2.45) is 11.8 Å². The van der Waals surface area contributed by atoms with Gasteiger partial charge in [-0.3, -0.25) is 0 Å². The van der Waals surface area contributed by atoms with Gasteiger partial charge in [-0.05, 0) is 37.5 Å². The molecule has 0 aromatic heterocycles. The lowest BCUT2D eigenvalue weighted by Crippen LogP contribution is -2.50. The van der Waals surface area contributed by atoms with Crippen molar-refractivity contribution in [2.45, 2.75) is 57.1 Å². The van der Waals surface area contributed by atoms with Crippen LogP contribution in [0, 0.1) is 11.8 Å². The summed E-state index contributed by atoms with van der Waals surface area (Å²) in [4.78, 5) is 14.3. The highest BCUT2D eigenvalue weighted by atomic mass is 32.2. The van der Waals surface area contributed by atoms with E-state index in [9.17, 15) is 13.2 Å². The Kier molecular flexibility index (Phi) is 5.41. The number of fused-ring (bicyclic) bond motifs is 1. The molecule has 5 nitrogen and oxygen atoms in total. The molecule has 0 unspecified atom stereocenters. The van der Waals surface area contributed by atoms with Crippen LogP contribution < -0.4 is 5.32 Å². The van der Waals surface area contributed by atoms with Gasteiger partial charge in [0, 0.05) is 25.9 Å². The topological polar surface area (TPSA) is 66.5 Å². The van der Waals surface area contributed by atoms with Gasteiger partial charge in [0.2, 0.25) is 0 Å². The predicted molar refractivity (Wildman–Crippen MR) is 88.6 cm³/mol. The number of amides is 2. The molecule has 2 aliphatic rings. The summed E-state index contributed by atoms with van der Waals surface area (Å²) in [6.45, 7) is 5.63. The number of nitrogens with zero attached hydrogens (tertiary/aromatic N) is 1. The van der Waals surface area contributed by atoms with Gasteiger partial charge in [0.1, 0.15) is 0 Å². The average Bonchev–Trinajstić information content (AvgIpc) is 2.91. The molecule has 0 bridgehead atoms. The molecular weight excluding hydrogens is 300 g/mol. The molecule has 0 aromatic rings. The molecule has 1 N–H and O–H groups in total. The second-order valence-electron chi connectivity index (χ2n) is 7.03. The van der Waals surface area contributed by atoms with Gasteiger partial charge in [-0.25, -0.2) is 13.2 Å². The van der Waals surface area contributed by atoms with Crippen molar-refractivity contribution in [3.63, 3.8) is 0 Å². The van der Waals surface area contributed by atoms with Crippen LogP contribution in [0.2, 0.25) is 0 Å². The smallest absolute Gasteiger partial charge is 0.317 e. The first-order valence-electron chi connectivity index (χ1n) is 8.55. The molecule has 2 amide bonds. The van der Waals surface area contributed by atoms with Crippen molar-refractivity contribution in [1.29, 1.82) is 0 Å². The third kappa shape index (κ3) is 3.42. The van der Waals surface area contributed by atoms with E-state index in [1.54, 1.807) is 0 Å². The van der Waals surface area contributed by atoms with Crippen LogP contribution in [0.1, 0.15) is 52.4 Å². The molecule has 1 aliphatic carbocycles. The fourth-order valence-corrected chi connectivity index (χ4v) is 5.46. The molecule has 2 rings (SSSR count). The summed E-state index contributed by atoms with van der Waals surface area (Å²) in [5.41, 5.74) is 0. The first-order chi connectivity index (χ1) is 10.3. The molecule has 0 aromatic carbocycles. The SMILES string of the molecule is CCC(CC)(CNC(=O)N1C[C@H]2CCCC[C@@H]2C1)S(C)(=O)=O. The number of rotatable bonds is 5. The summed E-state index contributed by atoms with van der Waals surface area (Å²) < 4.78 is 23.3. The number of sulfone groups is 1. The van der Waals surface area contributed by atoms with Crippen LogP contribution in [0.5, 0.6) is 0 Å². The van der Waals surface area contributed by atoms with Crippen LogP contribution in [0.4, 0.5) is 4.79 Å². The van der Waals surface area contributed by atoms with Crippen molar-refractivity contribution in [3.05, 3.63) is 0 Å². The van der Waals surface area contributed by atoms with E-state index in [0.717, 1.165) is 13.1 Å². The highest BCUT2D eigenvalue weighted by molar-refractivity contribution is 7.92. The van der Waals surface area contributed by atoms with Crippen LogP contribution in [0.3, 0.4) is 0 Å². The van der Waals surface area contributed by atoms with Crippen LogP contribution in [0.15, 0.2) is 0 Å². The van der Waals surface area contributed by atoms with Crippen molar-refractivity contribution in [3.8, 4) is 0 Å². The summed E-state index contributed by atoms with van der Waals surface area (Å²) in [5, 5.41) is 2.89. The minimum atomic E-state index is -3.20. The molecule has 1 aliphatic heterocycles. The van der Waals surface area contributed by atoms with Gasteiger partial charge in [-0.15, -0.1) is 0 Å². The Morgan fingerprint density at radius 1 is 1.14 bits per heavy atom. The molecule has 2 fully saturated rings. The van der Waals surface area contributed by atoms with E-state index in [2.05, 4.69) is 5.32 Å². The molecule has 22 heavy (non-hydrogen) atoms. The molecule has 1 saturated heterocycles. The maximum atomic E-state index is 12.4. The van der Waals surface area contributed by atoms with Crippen LogP contribution in [0.25, 0.3) is 0 Å². The Balaban J connectivity index is 1.95. The number of urea groups is 1. The zero-order valence-corrected chi connectivity index (χ0v) is 14.9. The maximum Gasteiger partial charge on any atom is 0.317 e. The lowest BCUT2D eigenvalue weighted by molar-refractivity contribution is 0.204. The fourth-order valence-electron chi connectivity index (χ4n) is 4.08. The third-order valence-electron chi connectivity index (χ3n) is 5.90. The van der Waals surface area contributed by atoms with Crippen molar-refractivity contribution < 1.29 is 13.2 Å². The summed E-state index contributed by atoms with van der Waals surface area (Å²) in [5.74, 6) is 1.30. The normalized spacial score (nSPS) is 25.9. The quantitative estimate of drug-likeness (QED) is 0.842. The Labute approximate surface area is 134 Å². The second kappa shape index (κ2) is 6.77. The van der Waals surface area contributed by atoms with E-state index in [4.69, 9.17) is 0 Å². The Bertz CT molecular complexity index is 486.